The van der Waals surface area contributed by atoms with Gasteiger partial charge in [-0.2, -0.15) is 5.26 Å². The molecule has 0 spiro atoms. The predicted octanol–water partition coefficient (Wildman–Crippen LogP) is 3.35. The van der Waals surface area contributed by atoms with Gasteiger partial charge < -0.3 is 5.11 Å². The van der Waals surface area contributed by atoms with Gasteiger partial charge in [0, 0.05) is 17.0 Å². The Morgan fingerprint density at radius 2 is 1.57 bits per heavy atom. The zero-order chi connectivity index (χ0) is 16.1. The summed E-state index contributed by atoms with van der Waals surface area (Å²) in [5.41, 5.74) is 2.79. The molecule has 114 valence electrons. The van der Waals surface area contributed by atoms with Gasteiger partial charge in [-0.3, -0.25) is 4.99 Å². The van der Waals surface area contributed by atoms with Crippen molar-refractivity contribution < 1.29 is 5.11 Å². The highest BCUT2D eigenvalue weighted by Crippen LogP contribution is 2.24. The summed E-state index contributed by atoms with van der Waals surface area (Å²) >= 11 is 0. The van der Waals surface area contributed by atoms with Crippen molar-refractivity contribution in [2.45, 2.75) is 18.6 Å². The summed E-state index contributed by atoms with van der Waals surface area (Å²) in [7, 11) is 0. The first-order chi connectivity index (χ1) is 11.3. The minimum absolute atomic E-state index is 0.0441. The fraction of sp³-hybridized carbons (Fsp3) is 0.200. The maximum atomic E-state index is 9.67. The maximum absolute atomic E-state index is 9.67. The van der Waals surface area contributed by atoms with E-state index in [9.17, 15) is 10.4 Å². The third-order valence-corrected chi connectivity index (χ3v) is 3.99. The lowest BCUT2D eigenvalue weighted by atomic mass is 9.98. The van der Waals surface area contributed by atoms with Gasteiger partial charge >= 0.3 is 0 Å². The Morgan fingerprint density at radius 3 is 2.00 bits per heavy atom. The molecule has 1 aliphatic carbocycles. The van der Waals surface area contributed by atoms with E-state index in [2.05, 4.69) is 6.07 Å². The highest BCUT2D eigenvalue weighted by molar-refractivity contribution is 6.13. The summed E-state index contributed by atoms with van der Waals surface area (Å²) in [4.78, 5) is 4.74. The Bertz CT molecular complexity index is 703. The molecule has 3 nitrogen and oxygen atoms in total. The zero-order valence-electron chi connectivity index (χ0n) is 12.7. The molecule has 0 bridgehead atoms. The van der Waals surface area contributed by atoms with Crippen molar-refractivity contribution in [2.24, 2.45) is 10.9 Å². The summed E-state index contributed by atoms with van der Waals surface area (Å²) in [6, 6.07) is 21.6. The molecule has 23 heavy (non-hydrogen) atoms. The molecule has 3 heteroatoms. The number of aliphatic hydroxyl groups excluding tert-OH is 1. The van der Waals surface area contributed by atoms with Crippen LogP contribution in [-0.4, -0.2) is 23.0 Å². The van der Waals surface area contributed by atoms with Crippen LogP contribution in [0.4, 0.5) is 0 Å². The first kappa shape index (κ1) is 15.2. The van der Waals surface area contributed by atoms with Gasteiger partial charge in [0.25, 0.3) is 0 Å². The van der Waals surface area contributed by atoms with E-state index in [0.29, 0.717) is 6.42 Å². The molecule has 0 radical (unpaired) electrons. The van der Waals surface area contributed by atoms with Crippen LogP contribution < -0.4 is 0 Å². The number of aliphatic imine (C=N–C) groups is 1. The molecule has 3 rings (SSSR count). The average molecular weight is 302 g/mol. The number of hydrogen-bond donors (Lipinski definition) is 1. The number of nitriles is 1. The normalized spacial score (nSPS) is 20.7. The minimum atomic E-state index is -0.501. The van der Waals surface area contributed by atoms with E-state index in [-0.39, 0.29) is 5.92 Å². The molecule has 3 atom stereocenters. The highest BCUT2D eigenvalue weighted by atomic mass is 16.3. The van der Waals surface area contributed by atoms with Crippen molar-refractivity contribution in [3.63, 3.8) is 0 Å². The van der Waals surface area contributed by atoms with Crippen LogP contribution in [0.2, 0.25) is 0 Å². The van der Waals surface area contributed by atoms with Crippen LogP contribution in [0, 0.1) is 17.2 Å². The third kappa shape index (κ3) is 3.56. The van der Waals surface area contributed by atoms with Crippen molar-refractivity contribution in [1.82, 2.24) is 0 Å². The quantitative estimate of drug-likeness (QED) is 0.695. The molecule has 0 aromatic heterocycles. The van der Waals surface area contributed by atoms with Gasteiger partial charge in [0.1, 0.15) is 6.04 Å². The van der Waals surface area contributed by atoms with Crippen LogP contribution in [0.5, 0.6) is 0 Å². The zero-order valence-corrected chi connectivity index (χ0v) is 12.7. The number of benzene rings is 2. The van der Waals surface area contributed by atoms with Crippen LogP contribution in [0.1, 0.15) is 17.5 Å². The van der Waals surface area contributed by atoms with Gasteiger partial charge in [-0.25, -0.2) is 0 Å². The lowest BCUT2D eigenvalue weighted by molar-refractivity contribution is 0.208. The van der Waals surface area contributed by atoms with Gasteiger partial charge in [-0.05, 0) is 6.42 Å². The van der Waals surface area contributed by atoms with E-state index in [1.54, 1.807) is 6.08 Å². The van der Waals surface area contributed by atoms with E-state index in [4.69, 9.17) is 4.99 Å². The highest BCUT2D eigenvalue weighted by Gasteiger charge is 2.25. The summed E-state index contributed by atoms with van der Waals surface area (Å²) in [5, 5.41) is 19.2. The standard InChI is InChI=1S/C20H18N2O/c21-14-19(17-11-12-18(23)13-17)22-20(15-7-3-1-4-8-15)16-9-5-2-6-10-16/h1-12,17-19,23H,13H2/t17-,18+,19?/m0/s1. The summed E-state index contributed by atoms with van der Waals surface area (Å²) in [6.45, 7) is 0. The Morgan fingerprint density at radius 1 is 1.00 bits per heavy atom. The molecule has 0 saturated carbocycles. The average Bonchev–Trinajstić information content (AvgIpc) is 3.04. The second kappa shape index (κ2) is 7.04. The van der Waals surface area contributed by atoms with Crippen LogP contribution in [0.3, 0.4) is 0 Å². The maximum Gasteiger partial charge on any atom is 0.143 e. The fourth-order valence-corrected chi connectivity index (χ4v) is 2.81. The monoisotopic (exact) mass is 302 g/mol. The van der Waals surface area contributed by atoms with Crippen molar-refractivity contribution in [1.29, 1.82) is 5.26 Å². The Hall–Kier alpha value is -2.70. The number of hydrogen-bond acceptors (Lipinski definition) is 3. The smallest absolute Gasteiger partial charge is 0.143 e. The molecule has 1 N–H and O–H groups in total. The van der Waals surface area contributed by atoms with Gasteiger partial charge in [-0.1, -0.05) is 72.8 Å². The molecular weight excluding hydrogens is 284 g/mol. The molecule has 0 saturated heterocycles. The fourth-order valence-electron chi connectivity index (χ4n) is 2.81. The van der Waals surface area contributed by atoms with Gasteiger partial charge in [-0.15, -0.1) is 0 Å². The van der Waals surface area contributed by atoms with Crippen LogP contribution in [0.15, 0.2) is 77.8 Å². The van der Waals surface area contributed by atoms with Crippen molar-refractivity contribution >= 4 is 5.71 Å². The lowest BCUT2D eigenvalue weighted by Crippen LogP contribution is -2.18. The first-order valence-corrected chi connectivity index (χ1v) is 7.72. The minimum Gasteiger partial charge on any atom is -0.389 e. The topological polar surface area (TPSA) is 56.4 Å². The molecule has 0 amide bonds. The molecule has 2 aromatic carbocycles. The number of aliphatic hydroxyl groups is 1. The van der Waals surface area contributed by atoms with Gasteiger partial charge in [0.15, 0.2) is 0 Å². The molecule has 0 fully saturated rings. The lowest BCUT2D eigenvalue weighted by Gasteiger charge is -2.15. The number of nitrogens with zero attached hydrogens (tertiary/aromatic N) is 2. The van der Waals surface area contributed by atoms with E-state index in [1.807, 2.05) is 66.7 Å². The largest absolute Gasteiger partial charge is 0.389 e. The second-order valence-electron chi connectivity index (χ2n) is 5.64. The third-order valence-electron chi connectivity index (χ3n) is 3.99. The molecular formula is C20H18N2O. The molecule has 2 aromatic rings. The summed E-state index contributed by atoms with van der Waals surface area (Å²) in [5.74, 6) is -0.0441. The van der Waals surface area contributed by atoms with E-state index >= 15 is 0 Å². The van der Waals surface area contributed by atoms with Crippen LogP contribution in [-0.2, 0) is 0 Å². The van der Waals surface area contributed by atoms with E-state index in [1.165, 1.54) is 0 Å². The molecule has 0 aliphatic heterocycles. The number of rotatable bonds is 4. The van der Waals surface area contributed by atoms with Gasteiger partial charge in [0.2, 0.25) is 0 Å². The predicted molar refractivity (Wildman–Crippen MR) is 91.2 cm³/mol. The van der Waals surface area contributed by atoms with Gasteiger partial charge in [0.05, 0.1) is 17.9 Å². The van der Waals surface area contributed by atoms with Crippen molar-refractivity contribution in [3.05, 3.63) is 83.9 Å². The molecule has 1 aliphatic rings. The second-order valence-corrected chi connectivity index (χ2v) is 5.64. The summed E-state index contributed by atoms with van der Waals surface area (Å²) in [6.07, 6.45) is 3.73. The van der Waals surface area contributed by atoms with Crippen LogP contribution in [0.25, 0.3) is 0 Å². The molecule has 0 heterocycles. The summed E-state index contributed by atoms with van der Waals surface area (Å²) < 4.78 is 0. The van der Waals surface area contributed by atoms with Crippen LogP contribution >= 0.6 is 0 Å². The Labute approximate surface area is 136 Å². The Kier molecular flexibility index (Phi) is 4.65. The first-order valence-electron chi connectivity index (χ1n) is 7.72. The molecule has 1 unspecified atom stereocenters. The van der Waals surface area contributed by atoms with Crippen molar-refractivity contribution in [3.8, 4) is 6.07 Å². The van der Waals surface area contributed by atoms with E-state index < -0.39 is 12.1 Å². The van der Waals surface area contributed by atoms with Crippen molar-refractivity contribution in [2.75, 3.05) is 0 Å². The van der Waals surface area contributed by atoms with E-state index in [0.717, 1.165) is 16.8 Å². The Balaban J connectivity index is 2.01. The SMILES string of the molecule is N#CC(N=C(c1ccccc1)c1ccccc1)[C@H]1C=C[C@@H](O)C1.